The van der Waals surface area contributed by atoms with Crippen molar-refractivity contribution in [3.63, 3.8) is 0 Å². The van der Waals surface area contributed by atoms with Crippen molar-refractivity contribution in [2.24, 2.45) is 0 Å². The molecule has 0 aromatic heterocycles. The number of carbonyl (C=O) groups is 5. The maximum absolute atomic E-state index is 13.4. The minimum atomic E-state index is -1.79. The van der Waals surface area contributed by atoms with Crippen LogP contribution in [0.3, 0.4) is 0 Å². The monoisotopic (exact) mass is 506 g/mol. The van der Waals surface area contributed by atoms with Gasteiger partial charge in [0.1, 0.15) is 13.2 Å². The molecule has 192 valence electrons. The lowest BCUT2D eigenvalue weighted by Crippen LogP contribution is -2.46. The van der Waals surface area contributed by atoms with Gasteiger partial charge in [0.15, 0.2) is 11.4 Å². The molecule has 0 aliphatic carbocycles. The summed E-state index contributed by atoms with van der Waals surface area (Å²) < 4.78 is 20.9. The molecule has 37 heavy (non-hydrogen) atoms. The van der Waals surface area contributed by atoms with Gasteiger partial charge in [0, 0.05) is 35.8 Å². The quantitative estimate of drug-likeness (QED) is 0.164. The molecule has 2 aromatic carbocycles. The summed E-state index contributed by atoms with van der Waals surface area (Å²) in [5.74, 6) is -3.80. The standard InChI is InChI=1S/C28H26O9/c1-4-23(29)34-17-16-28(18-35-24(30)5-2,19-36-25(31)6-3)37-27(33)22-15-11-10-14-21(22)26(32)20-12-8-7-9-13-20/h4-15H,1-3,16-19H2. The molecule has 2 aromatic rings. The van der Waals surface area contributed by atoms with Gasteiger partial charge < -0.3 is 18.9 Å². The molecule has 9 nitrogen and oxygen atoms in total. The van der Waals surface area contributed by atoms with E-state index in [1.807, 2.05) is 0 Å². The molecule has 0 amide bonds. The predicted octanol–water partition coefficient (Wildman–Crippen LogP) is 3.39. The highest BCUT2D eigenvalue weighted by Gasteiger charge is 2.39. The summed E-state index contributed by atoms with van der Waals surface area (Å²) in [5, 5.41) is 0. The predicted molar refractivity (Wildman–Crippen MR) is 133 cm³/mol. The van der Waals surface area contributed by atoms with E-state index >= 15 is 0 Å². The Hall–Kier alpha value is -4.79. The Morgan fingerprint density at radius 3 is 1.70 bits per heavy atom. The molecular weight excluding hydrogens is 480 g/mol. The first-order chi connectivity index (χ1) is 17.7. The minimum absolute atomic E-state index is 0.0665. The van der Waals surface area contributed by atoms with E-state index in [0.717, 1.165) is 18.2 Å². The number of rotatable bonds is 14. The van der Waals surface area contributed by atoms with Gasteiger partial charge in [0.05, 0.1) is 12.2 Å². The van der Waals surface area contributed by atoms with Crippen LogP contribution in [-0.2, 0) is 33.3 Å². The maximum atomic E-state index is 13.4. The summed E-state index contributed by atoms with van der Waals surface area (Å²) >= 11 is 0. The van der Waals surface area contributed by atoms with Crippen molar-refractivity contribution in [3.05, 3.63) is 109 Å². The second-order valence-corrected chi connectivity index (χ2v) is 7.56. The van der Waals surface area contributed by atoms with Gasteiger partial charge in [-0.15, -0.1) is 0 Å². The van der Waals surface area contributed by atoms with E-state index in [9.17, 15) is 24.0 Å². The first-order valence-electron chi connectivity index (χ1n) is 11.0. The van der Waals surface area contributed by atoms with Crippen molar-refractivity contribution in [1.82, 2.24) is 0 Å². The molecule has 0 radical (unpaired) electrons. The highest BCUT2D eigenvalue weighted by molar-refractivity contribution is 6.14. The van der Waals surface area contributed by atoms with Gasteiger partial charge in [0.25, 0.3) is 0 Å². The smallest absolute Gasteiger partial charge is 0.339 e. The number of carbonyl (C=O) groups excluding carboxylic acids is 5. The van der Waals surface area contributed by atoms with E-state index in [2.05, 4.69) is 19.7 Å². The van der Waals surface area contributed by atoms with Gasteiger partial charge in [-0.25, -0.2) is 19.2 Å². The largest absolute Gasteiger partial charge is 0.462 e. The van der Waals surface area contributed by atoms with Crippen LogP contribution in [0.4, 0.5) is 0 Å². The second-order valence-electron chi connectivity index (χ2n) is 7.56. The van der Waals surface area contributed by atoms with E-state index in [-0.39, 0.29) is 24.2 Å². The van der Waals surface area contributed by atoms with Gasteiger partial charge in [-0.1, -0.05) is 68.3 Å². The third-order valence-electron chi connectivity index (χ3n) is 4.99. The van der Waals surface area contributed by atoms with Crippen molar-refractivity contribution in [3.8, 4) is 0 Å². The van der Waals surface area contributed by atoms with Crippen LogP contribution in [0.15, 0.2) is 92.6 Å². The molecule has 0 N–H and O–H groups in total. The first kappa shape index (κ1) is 28.4. The summed E-state index contributed by atoms with van der Waals surface area (Å²) in [5.41, 5.74) is -1.45. The average Bonchev–Trinajstić information content (AvgIpc) is 2.94. The van der Waals surface area contributed by atoms with Crippen molar-refractivity contribution < 1.29 is 42.9 Å². The van der Waals surface area contributed by atoms with Crippen molar-refractivity contribution in [2.75, 3.05) is 19.8 Å². The fourth-order valence-electron chi connectivity index (χ4n) is 3.07. The number of ether oxygens (including phenoxy) is 4. The molecule has 0 aliphatic rings. The van der Waals surface area contributed by atoms with E-state index in [1.54, 1.807) is 42.5 Å². The van der Waals surface area contributed by atoms with Crippen LogP contribution < -0.4 is 0 Å². The molecule has 0 aliphatic heterocycles. The third kappa shape index (κ3) is 8.43. The van der Waals surface area contributed by atoms with Gasteiger partial charge in [0.2, 0.25) is 0 Å². The Balaban J connectivity index is 2.43. The SMILES string of the molecule is C=CC(=O)OCCC(COC(=O)C=C)(COC(=O)C=C)OC(=O)c1ccccc1C(=O)c1ccccc1. The van der Waals surface area contributed by atoms with Crippen LogP contribution >= 0.6 is 0 Å². The molecule has 0 heterocycles. The molecule has 0 saturated heterocycles. The van der Waals surface area contributed by atoms with Crippen molar-refractivity contribution in [1.29, 1.82) is 0 Å². The summed E-state index contributed by atoms with van der Waals surface area (Å²) in [4.78, 5) is 61.6. The Kier molecular flexibility index (Phi) is 10.7. The molecule has 0 fully saturated rings. The van der Waals surface area contributed by atoms with E-state index < -0.39 is 48.5 Å². The van der Waals surface area contributed by atoms with Gasteiger partial charge in [-0.3, -0.25) is 4.79 Å². The first-order valence-corrected chi connectivity index (χ1v) is 11.0. The molecule has 0 spiro atoms. The minimum Gasteiger partial charge on any atom is -0.462 e. The molecule has 0 unspecified atom stereocenters. The molecular formula is C28H26O9. The topological polar surface area (TPSA) is 122 Å². The zero-order chi connectivity index (χ0) is 27.3. The van der Waals surface area contributed by atoms with Gasteiger partial charge in [-0.05, 0) is 6.07 Å². The Morgan fingerprint density at radius 1 is 0.676 bits per heavy atom. The summed E-state index contributed by atoms with van der Waals surface area (Å²) in [6.07, 6.45) is 2.50. The lowest BCUT2D eigenvalue weighted by atomic mass is 9.97. The number of hydrogen-bond donors (Lipinski definition) is 0. The Morgan fingerprint density at radius 2 is 1.16 bits per heavy atom. The van der Waals surface area contributed by atoms with Crippen molar-refractivity contribution in [2.45, 2.75) is 12.0 Å². The highest BCUT2D eigenvalue weighted by atomic mass is 16.6. The third-order valence-corrected chi connectivity index (χ3v) is 4.99. The molecule has 9 heteroatoms. The number of hydrogen-bond acceptors (Lipinski definition) is 9. The fraction of sp³-hybridized carbons (Fsp3) is 0.179. The lowest BCUT2D eigenvalue weighted by molar-refractivity contribution is -0.162. The van der Waals surface area contributed by atoms with E-state index in [0.29, 0.717) is 5.56 Å². The number of esters is 4. The highest BCUT2D eigenvalue weighted by Crippen LogP contribution is 2.24. The van der Waals surface area contributed by atoms with Crippen LogP contribution in [0.1, 0.15) is 32.7 Å². The summed E-state index contributed by atoms with van der Waals surface area (Å²) in [7, 11) is 0. The van der Waals surface area contributed by atoms with Gasteiger partial charge in [-0.2, -0.15) is 0 Å². The summed E-state index contributed by atoms with van der Waals surface area (Å²) in [6.45, 7) is 8.48. The fourth-order valence-corrected chi connectivity index (χ4v) is 3.07. The van der Waals surface area contributed by atoms with E-state index in [1.165, 1.54) is 12.1 Å². The molecule has 2 rings (SSSR count). The lowest BCUT2D eigenvalue weighted by Gasteiger charge is -2.32. The molecule has 0 bridgehead atoms. The zero-order valence-electron chi connectivity index (χ0n) is 20.1. The van der Waals surface area contributed by atoms with Crippen LogP contribution in [0.5, 0.6) is 0 Å². The van der Waals surface area contributed by atoms with Crippen LogP contribution in [0, 0.1) is 0 Å². The average molecular weight is 507 g/mol. The number of benzene rings is 2. The van der Waals surface area contributed by atoms with Crippen LogP contribution in [0.25, 0.3) is 0 Å². The Bertz CT molecular complexity index is 1160. The van der Waals surface area contributed by atoms with Crippen molar-refractivity contribution >= 4 is 29.7 Å². The normalized spacial score (nSPS) is 10.4. The Labute approximate surface area is 214 Å². The van der Waals surface area contributed by atoms with Crippen LogP contribution in [-0.4, -0.2) is 55.1 Å². The maximum Gasteiger partial charge on any atom is 0.339 e. The number of ketones is 1. The molecule has 0 atom stereocenters. The zero-order valence-corrected chi connectivity index (χ0v) is 20.1. The van der Waals surface area contributed by atoms with Gasteiger partial charge >= 0.3 is 23.9 Å². The van der Waals surface area contributed by atoms with Crippen LogP contribution in [0.2, 0.25) is 0 Å². The molecule has 0 saturated carbocycles. The second kappa shape index (κ2) is 13.9. The van der Waals surface area contributed by atoms with E-state index in [4.69, 9.17) is 18.9 Å². The summed E-state index contributed by atoms with van der Waals surface area (Å²) in [6, 6.07) is 14.3.